The maximum atomic E-state index is 12.0. The maximum Gasteiger partial charge on any atom is 0.251 e. The Morgan fingerprint density at radius 3 is 3.06 bits per heavy atom. The zero-order valence-electron chi connectivity index (χ0n) is 9.73. The van der Waals surface area contributed by atoms with Crippen LogP contribution in [0.2, 0.25) is 0 Å². The molecule has 0 radical (unpaired) electrons. The van der Waals surface area contributed by atoms with Crippen molar-refractivity contribution in [2.24, 2.45) is 0 Å². The molecule has 1 aromatic carbocycles. The molecular formula is C12H16N2O2S. The van der Waals surface area contributed by atoms with Crippen molar-refractivity contribution in [2.75, 3.05) is 24.3 Å². The number of carbonyl (C=O) groups excluding carboxylic acids is 1. The summed E-state index contributed by atoms with van der Waals surface area (Å²) in [6.45, 7) is 0. The number of nitrogens with two attached hydrogens (primary N) is 1. The molecule has 1 fully saturated rings. The quantitative estimate of drug-likeness (QED) is 0.800. The highest BCUT2D eigenvalue weighted by Crippen LogP contribution is 2.23. The van der Waals surface area contributed by atoms with Crippen molar-refractivity contribution in [1.82, 2.24) is 5.32 Å². The van der Waals surface area contributed by atoms with Gasteiger partial charge in [-0.3, -0.25) is 4.79 Å². The summed E-state index contributed by atoms with van der Waals surface area (Å²) < 4.78 is 5.10. The van der Waals surface area contributed by atoms with E-state index in [0.717, 1.165) is 17.9 Å². The smallest absolute Gasteiger partial charge is 0.251 e. The van der Waals surface area contributed by atoms with Gasteiger partial charge in [0.05, 0.1) is 12.8 Å². The number of nitrogens with one attached hydrogen (secondary N) is 1. The van der Waals surface area contributed by atoms with E-state index in [9.17, 15) is 4.79 Å². The van der Waals surface area contributed by atoms with Crippen LogP contribution in [0.3, 0.4) is 0 Å². The van der Waals surface area contributed by atoms with Gasteiger partial charge in [0, 0.05) is 17.4 Å². The molecule has 0 saturated carbocycles. The van der Waals surface area contributed by atoms with E-state index in [4.69, 9.17) is 10.5 Å². The molecule has 1 aliphatic heterocycles. The molecule has 92 valence electrons. The Hall–Kier alpha value is -1.36. The highest BCUT2D eigenvalue weighted by molar-refractivity contribution is 7.99. The number of carbonyl (C=O) groups is 1. The van der Waals surface area contributed by atoms with Gasteiger partial charge >= 0.3 is 0 Å². The van der Waals surface area contributed by atoms with Gasteiger partial charge in [-0.15, -0.1) is 0 Å². The summed E-state index contributed by atoms with van der Waals surface area (Å²) in [6.07, 6.45) is 1.04. The SMILES string of the molecule is COc1cc(C(=O)NC2CCSC2)ccc1N. The summed E-state index contributed by atoms with van der Waals surface area (Å²) in [5.41, 5.74) is 6.84. The second-order valence-electron chi connectivity index (χ2n) is 3.99. The fourth-order valence-corrected chi connectivity index (χ4v) is 2.92. The summed E-state index contributed by atoms with van der Waals surface area (Å²) in [4.78, 5) is 12.0. The molecule has 0 aromatic heterocycles. The fourth-order valence-electron chi connectivity index (χ4n) is 1.77. The van der Waals surface area contributed by atoms with Crippen molar-refractivity contribution in [1.29, 1.82) is 0 Å². The molecule has 0 aliphatic carbocycles. The maximum absolute atomic E-state index is 12.0. The van der Waals surface area contributed by atoms with Crippen LogP contribution < -0.4 is 15.8 Å². The second-order valence-corrected chi connectivity index (χ2v) is 5.14. The molecule has 5 heteroatoms. The van der Waals surface area contributed by atoms with E-state index >= 15 is 0 Å². The first-order valence-corrected chi connectivity index (χ1v) is 6.68. The van der Waals surface area contributed by atoms with Crippen molar-refractivity contribution in [2.45, 2.75) is 12.5 Å². The van der Waals surface area contributed by atoms with E-state index in [0.29, 0.717) is 17.0 Å². The minimum Gasteiger partial charge on any atom is -0.495 e. The van der Waals surface area contributed by atoms with Gasteiger partial charge in [0.25, 0.3) is 5.91 Å². The van der Waals surface area contributed by atoms with E-state index in [1.807, 2.05) is 11.8 Å². The molecule has 4 nitrogen and oxygen atoms in total. The number of hydrogen-bond acceptors (Lipinski definition) is 4. The van der Waals surface area contributed by atoms with Gasteiger partial charge in [0.1, 0.15) is 5.75 Å². The fraction of sp³-hybridized carbons (Fsp3) is 0.417. The molecule has 1 amide bonds. The van der Waals surface area contributed by atoms with Gasteiger partial charge in [-0.05, 0) is 30.4 Å². The summed E-state index contributed by atoms with van der Waals surface area (Å²) in [5.74, 6) is 2.60. The standard InChI is InChI=1S/C12H16N2O2S/c1-16-11-6-8(2-3-10(11)13)12(15)14-9-4-5-17-7-9/h2-3,6,9H,4-5,7,13H2,1H3,(H,14,15). The molecule has 1 aromatic rings. The van der Waals surface area contributed by atoms with Crippen LogP contribution in [0.15, 0.2) is 18.2 Å². The molecule has 17 heavy (non-hydrogen) atoms. The van der Waals surface area contributed by atoms with Crippen molar-refractivity contribution >= 4 is 23.4 Å². The van der Waals surface area contributed by atoms with Gasteiger partial charge in [-0.1, -0.05) is 0 Å². The molecule has 1 heterocycles. The normalized spacial score (nSPS) is 19.0. The molecule has 3 N–H and O–H groups in total. The first-order chi connectivity index (χ1) is 8.20. The Kier molecular flexibility index (Phi) is 3.78. The third-order valence-corrected chi connectivity index (χ3v) is 3.92. The summed E-state index contributed by atoms with van der Waals surface area (Å²) >= 11 is 1.87. The lowest BCUT2D eigenvalue weighted by Crippen LogP contribution is -2.34. The number of nitrogen functional groups attached to an aromatic ring is 1. The van der Waals surface area contributed by atoms with E-state index < -0.39 is 0 Å². The van der Waals surface area contributed by atoms with E-state index in [1.54, 1.807) is 25.3 Å². The topological polar surface area (TPSA) is 64.3 Å². The third kappa shape index (κ3) is 2.85. The Morgan fingerprint density at radius 2 is 2.41 bits per heavy atom. The van der Waals surface area contributed by atoms with Crippen LogP contribution in [0.25, 0.3) is 0 Å². The van der Waals surface area contributed by atoms with Crippen molar-refractivity contribution < 1.29 is 9.53 Å². The third-order valence-electron chi connectivity index (χ3n) is 2.76. The Morgan fingerprint density at radius 1 is 1.59 bits per heavy atom. The second kappa shape index (κ2) is 5.31. The average Bonchev–Trinajstić information content (AvgIpc) is 2.82. The molecule has 1 atom stereocenters. The van der Waals surface area contributed by atoms with Gasteiger partial charge in [-0.25, -0.2) is 0 Å². The first-order valence-electron chi connectivity index (χ1n) is 5.53. The van der Waals surface area contributed by atoms with Gasteiger partial charge in [-0.2, -0.15) is 11.8 Å². The molecular weight excluding hydrogens is 236 g/mol. The first kappa shape index (κ1) is 12.1. The van der Waals surface area contributed by atoms with Crippen LogP contribution in [-0.2, 0) is 0 Å². The predicted molar refractivity (Wildman–Crippen MR) is 70.6 cm³/mol. The van der Waals surface area contributed by atoms with E-state index in [1.165, 1.54) is 0 Å². The Balaban J connectivity index is 2.07. The molecule has 0 bridgehead atoms. The zero-order valence-corrected chi connectivity index (χ0v) is 10.5. The van der Waals surface area contributed by atoms with Crippen molar-refractivity contribution in [3.63, 3.8) is 0 Å². The zero-order chi connectivity index (χ0) is 12.3. The number of methoxy groups -OCH3 is 1. The van der Waals surface area contributed by atoms with Crippen LogP contribution in [-0.4, -0.2) is 30.6 Å². The van der Waals surface area contributed by atoms with E-state index in [2.05, 4.69) is 5.32 Å². The number of amides is 1. The van der Waals surface area contributed by atoms with Crippen LogP contribution in [0.1, 0.15) is 16.8 Å². The molecule has 1 saturated heterocycles. The van der Waals surface area contributed by atoms with Crippen LogP contribution in [0.4, 0.5) is 5.69 Å². The highest BCUT2D eigenvalue weighted by atomic mass is 32.2. The number of anilines is 1. The van der Waals surface area contributed by atoms with Crippen molar-refractivity contribution in [3.8, 4) is 5.75 Å². The average molecular weight is 252 g/mol. The summed E-state index contributed by atoms with van der Waals surface area (Å²) in [5, 5.41) is 3.01. The Labute approximate surface area is 105 Å². The van der Waals surface area contributed by atoms with Crippen LogP contribution in [0.5, 0.6) is 5.75 Å². The summed E-state index contributed by atoms with van der Waals surface area (Å²) in [7, 11) is 1.54. The molecule has 2 rings (SSSR count). The number of hydrogen-bond donors (Lipinski definition) is 2. The van der Waals surface area contributed by atoms with Gasteiger partial charge < -0.3 is 15.8 Å². The number of benzene rings is 1. The van der Waals surface area contributed by atoms with E-state index in [-0.39, 0.29) is 11.9 Å². The minimum atomic E-state index is -0.0594. The number of rotatable bonds is 3. The predicted octanol–water partition coefficient (Wildman–Crippen LogP) is 1.51. The lowest BCUT2D eigenvalue weighted by molar-refractivity contribution is 0.0941. The molecule has 1 unspecified atom stereocenters. The van der Waals surface area contributed by atoms with Crippen molar-refractivity contribution in [3.05, 3.63) is 23.8 Å². The largest absolute Gasteiger partial charge is 0.495 e. The monoisotopic (exact) mass is 252 g/mol. The molecule has 0 spiro atoms. The summed E-state index contributed by atoms with van der Waals surface area (Å²) in [6, 6.07) is 5.37. The number of ether oxygens (including phenoxy) is 1. The molecule has 1 aliphatic rings. The lowest BCUT2D eigenvalue weighted by atomic mass is 10.1. The Bertz CT molecular complexity index is 417. The van der Waals surface area contributed by atoms with Crippen LogP contribution >= 0.6 is 11.8 Å². The van der Waals surface area contributed by atoms with Gasteiger partial charge in [0.15, 0.2) is 0 Å². The lowest BCUT2D eigenvalue weighted by Gasteiger charge is -2.12. The highest BCUT2D eigenvalue weighted by Gasteiger charge is 2.18. The minimum absolute atomic E-state index is 0.0594. The van der Waals surface area contributed by atoms with Crippen LogP contribution in [0, 0.1) is 0 Å². The van der Waals surface area contributed by atoms with Gasteiger partial charge in [0.2, 0.25) is 0 Å². The number of thioether (sulfide) groups is 1.